The summed E-state index contributed by atoms with van der Waals surface area (Å²) in [6, 6.07) is 12.1. The predicted molar refractivity (Wildman–Crippen MR) is 140 cm³/mol. The molecule has 0 spiro atoms. The van der Waals surface area contributed by atoms with Gasteiger partial charge in [0.1, 0.15) is 0 Å². The predicted octanol–water partition coefficient (Wildman–Crippen LogP) is 5.02. The molecule has 2 heterocycles. The van der Waals surface area contributed by atoms with Crippen LogP contribution in [-0.2, 0) is 0 Å². The van der Waals surface area contributed by atoms with Crippen LogP contribution in [0, 0.1) is 19.7 Å². The summed E-state index contributed by atoms with van der Waals surface area (Å²) in [5.74, 6) is -0.354. The zero-order chi connectivity index (χ0) is 26.3. The first-order chi connectivity index (χ1) is 17.6. The lowest BCUT2D eigenvalue weighted by atomic mass is 10.0. The minimum Gasteiger partial charge on any atom is -0.434 e. The summed E-state index contributed by atoms with van der Waals surface area (Å²) in [5, 5.41) is 21.1. The number of amides is 1. The first-order valence-electron chi connectivity index (χ1n) is 12.3. The second kappa shape index (κ2) is 9.48. The van der Waals surface area contributed by atoms with Gasteiger partial charge in [-0.05, 0) is 75.9 Å². The smallest absolute Gasteiger partial charge is 0.251 e. The van der Waals surface area contributed by atoms with E-state index in [0.29, 0.717) is 22.6 Å². The third-order valence-corrected chi connectivity index (χ3v) is 6.14. The molecule has 1 amide bonds. The number of aromatic nitrogens is 3. The van der Waals surface area contributed by atoms with E-state index < -0.39 is 11.4 Å². The van der Waals surface area contributed by atoms with Gasteiger partial charge in [0.2, 0.25) is 5.88 Å². The molecule has 5 rings (SSSR count). The molecule has 0 radical (unpaired) electrons. The van der Waals surface area contributed by atoms with Gasteiger partial charge in [-0.15, -0.1) is 5.10 Å². The molecule has 192 valence electrons. The lowest BCUT2D eigenvalue weighted by molar-refractivity contribution is 0.0940. The third kappa shape index (κ3) is 5.56. The van der Waals surface area contributed by atoms with Crippen molar-refractivity contribution in [3.05, 3.63) is 71.2 Å². The molecule has 1 aliphatic carbocycles. The van der Waals surface area contributed by atoms with Crippen LogP contribution >= 0.6 is 0 Å². The van der Waals surface area contributed by atoms with Gasteiger partial charge in [0.25, 0.3) is 5.91 Å². The summed E-state index contributed by atoms with van der Waals surface area (Å²) < 4.78 is 21.9. The molecule has 0 bridgehead atoms. The van der Waals surface area contributed by atoms with E-state index >= 15 is 0 Å². The number of carbonyl (C=O) groups is 1. The lowest BCUT2D eigenvalue weighted by Gasteiger charge is -2.19. The van der Waals surface area contributed by atoms with E-state index in [0.717, 1.165) is 29.5 Å². The van der Waals surface area contributed by atoms with Crippen molar-refractivity contribution in [3.63, 3.8) is 0 Å². The number of fused-ring (bicyclic) bond motifs is 1. The number of aryl methyl sites for hydroxylation is 2. The summed E-state index contributed by atoms with van der Waals surface area (Å²) in [6.45, 7) is 7.38. The molecule has 0 saturated heterocycles. The van der Waals surface area contributed by atoms with E-state index in [9.17, 15) is 14.3 Å². The average Bonchev–Trinajstić information content (AvgIpc) is 3.54. The van der Waals surface area contributed by atoms with Gasteiger partial charge in [-0.1, -0.05) is 12.1 Å². The second-order valence-electron chi connectivity index (χ2n) is 10.3. The maximum Gasteiger partial charge on any atom is 0.251 e. The highest BCUT2D eigenvalue weighted by atomic mass is 19.1. The standard InChI is InChI=1S/C28H30FN5O3/c1-16-5-10-21(29)24(11-16)37-25-13-22(31-15-28(3,4)36)26-30-14-23(34(26)33-25)18-6-9-20(17(2)12-18)27(35)32-19-7-8-19/h5-6,9-14,19,31,36H,7-8,15H2,1-4H3,(H,32,35). The van der Waals surface area contributed by atoms with Crippen LogP contribution in [0.1, 0.15) is 48.2 Å². The molecule has 2 aromatic carbocycles. The van der Waals surface area contributed by atoms with Crippen molar-refractivity contribution in [2.75, 3.05) is 11.9 Å². The van der Waals surface area contributed by atoms with E-state index in [1.807, 2.05) is 26.0 Å². The minimum absolute atomic E-state index is 0.0591. The Morgan fingerprint density at radius 1 is 1.19 bits per heavy atom. The van der Waals surface area contributed by atoms with Crippen LogP contribution in [0.3, 0.4) is 0 Å². The van der Waals surface area contributed by atoms with Crippen LogP contribution in [0.15, 0.2) is 48.7 Å². The summed E-state index contributed by atoms with van der Waals surface area (Å²) in [4.78, 5) is 17.1. The molecule has 2 aromatic heterocycles. The molecule has 37 heavy (non-hydrogen) atoms. The number of halogens is 1. The fraction of sp³-hybridized carbons (Fsp3) is 0.321. The highest BCUT2D eigenvalue weighted by Crippen LogP contribution is 2.31. The van der Waals surface area contributed by atoms with Crippen molar-refractivity contribution in [3.8, 4) is 22.9 Å². The minimum atomic E-state index is -0.979. The van der Waals surface area contributed by atoms with Gasteiger partial charge < -0.3 is 20.5 Å². The maximum absolute atomic E-state index is 14.4. The van der Waals surface area contributed by atoms with Crippen molar-refractivity contribution in [1.29, 1.82) is 0 Å². The van der Waals surface area contributed by atoms with Crippen LogP contribution < -0.4 is 15.4 Å². The van der Waals surface area contributed by atoms with Crippen molar-refractivity contribution in [2.45, 2.75) is 52.2 Å². The number of ether oxygens (including phenoxy) is 1. The molecule has 9 heteroatoms. The number of imidazole rings is 1. The molecule has 3 N–H and O–H groups in total. The summed E-state index contributed by atoms with van der Waals surface area (Å²) in [5.41, 5.74) is 3.91. The number of nitrogens with one attached hydrogen (secondary N) is 2. The maximum atomic E-state index is 14.4. The van der Waals surface area contributed by atoms with Gasteiger partial charge in [0.15, 0.2) is 17.2 Å². The van der Waals surface area contributed by atoms with E-state index in [1.54, 1.807) is 48.8 Å². The number of nitrogens with zero attached hydrogens (tertiary/aromatic N) is 3. The molecule has 0 unspecified atom stereocenters. The van der Waals surface area contributed by atoms with Crippen molar-refractivity contribution >= 4 is 17.2 Å². The highest BCUT2D eigenvalue weighted by molar-refractivity contribution is 5.96. The molecule has 0 aliphatic heterocycles. The fourth-order valence-corrected chi connectivity index (χ4v) is 4.00. The molecule has 0 atom stereocenters. The number of benzene rings is 2. The first kappa shape index (κ1) is 24.7. The van der Waals surface area contributed by atoms with Crippen LogP contribution in [0.25, 0.3) is 16.9 Å². The number of anilines is 1. The Balaban J connectivity index is 1.55. The summed E-state index contributed by atoms with van der Waals surface area (Å²) >= 11 is 0. The number of rotatable bonds is 8. The Kier molecular flexibility index (Phi) is 6.33. The Bertz CT molecular complexity index is 1490. The average molecular weight is 504 g/mol. The summed E-state index contributed by atoms with van der Waals surface area (Å²) in [7, 11) is 0. The van der Waals surface area contributed by atoms with E-state index in [4.69, 9.17) is 4.74 Å². The van der Waals surface area contributed by atoms with Gasteiger partial charge >= 0.3 is 0 Å². The number of carbonyl (C=O) groups excluding carboxylic acids is 1. The van der Waals surface area contributed by atoms with Gasteiger partial charge in [-0.2, -0.15) is 0 Å². The Labute approximate surface area is 214 Å². The largest absolute Gasteiger partial charge is 0.434 e. The molecule has 1 fully saturated rings. The molecule has 1 saturated carbocycles. The lowest BCUT2D eigenvalue weighted by Crippen LogP contribution is -2.29. The SMILES string of the molecule is Cc1ccc(F)c(Oc2cc(NCC(C)(C)O)c3ncc(-c4ccc(C(=O)NC5CC5)c(C)c4)n3n2)c1. The highest BCUT2D eigenvalue weighted by Gasteiger charge is 2.25. The molecule has 4 aromatic rings. The monoisotopic (exact) mass is 503 g/mol. The molecular weight excluding hydrogens is 473 g/mol. The van der Waals surface area contributed by atoms with Crippen LogP contribution in [0.4, 0.5) is 10.1 Å². The first-order valence-corrected chi connectivity index (χ1v) is 12.3. The topological polar surface area (TPSA) is 101 Å². The Hall–Kier alpha value is -3.98. The number of hydrogen-bond acceptors (Lipinski definition) is 6. The number of hydrogen-bond donors (Lipinski definition) is 3. The Morgan fingerprint density at radius 2 is 1.97 bits per heavy atom. The second-order valence-corrected chi connectivity index (χ2v) is 10.3. The third-order valence-electron chi connectivity index (χ3n) is 6.14. The van der Waals surface area contributed by atoms with Gasteiger partial charge in [0.05, 0.1) is 23.2 Å². The molecular formula is C28H30FN5O3. The molecule has 1 aliphatic rings. The summed E-state index contributed by atoms with van der Waals surface area (Å²) in [6.07, 6.45) is 3.74. The normalized spacial score (nSPS) is 13.6. The van der Waals surface area contributed by atoms with E-state index in [-0.39, 0.29) is 30.1 Å². The van der Waals surface area contributed by atoms with Crippen molar-refractivity contribution < 1.29 is 19.0 Å². The Morgan fingerprint density at radius 3 is 2.68 bits per heavy atom. The van der Waals surface area contributed by atoms with Gasteiger partial charge in [-0.3, -0.25) is 4.79 Å². The molecule has 8 nitrogen and oxygen atoms in total. The fourth-order valence-electron chi connectivity index (χ4n) is 4.00. The number of aliphatic hydroxyl groups is 1. The van der Waals surface area contributed by atoms with E-state index in [1.165, 1.54) is 6.07 Å². The van der Waals surface area contributed by atoms with Gasteiger partial charge in [-0.25, -0.2) is 13.9 Å². The van der Waals surface area contributed by atoms with Crippen LogP contribution in [-0.4, -0.2) is 43.8 Å². The van der Waals surface area contributed by atoms with Crippen molar-refractivity contribution in [2.24, 2.45) is 0 Å². The van der Waals surface area contributed by atoms with Crippen LogP contribution in [0.2, 0.25) is 0 Å². The van der Waals surface area contributed by atoms with Crippen molar-refractivity contribution in [1.82, 2.24) is 19.9 Å². The zero-order valence-corrected chi connectivity index (χ0v) is 21.3. The zero-order valence-electron chi connectivity index (χ0n) is 21.3. The quantitative estimate of drug-likeness (QED) is 0.312. The van der Waals surface area contributed by atoms with E-state index in [2.05, 4.69) is 20.7 Å². The van der Waals surface area contributed by atoms with Crippen LogP contribution in [0.5, 0.6) is 11.6 Å². The van der Waals surface area contributed by atoms with Gasteiger partial charge in [0, 0.05) is 29.8 Å².